The number of hydrogen-bond donors (Lipinski definition) is 1. The molecule has 0 bridgehead atoms. The van der Waals surface area contributed by atoms with Crippen LogP contribution in [0.2, 0.25) is 0 Å². The summed E-state index contributed by atoms with van der Waals surface area (Å²) in [6.45, 7) is 6.74. The smallest absolute Gasteiger partial charge is 0.0731 e. The molecule has 1 N–H and O–H groups in total. The van der Waals surface area contributed by atoms with E-state index in [-0.39, 0.29) is 18.3 Å². The summed E-state index contributed by atoms with van der Waals surface area (Å²) in [5.41, 5.74) is 2.80. The quantitative estimate of drug-likeness (QED) is 0.869. The summed E-state index contributed by atoms with van der Waals surface area (Å²) < 4.78 is 11.9. The number of aliphatic hydroxyl groups is 1. The average molecular weight is 333 g/mol. The number of aryl methyl sites for hydroxylation is 1. The Kier molecular flexibility index (Phi) is 6.28. The fraction of sp³-hybridized carbons (Fsp3) is 0.700. The Balaban J connectivity index is 1.49. The maximum Gasteiger partial charge on any atom is 0.0731 e. The standard InChI is InChI=1S/C20H31NO3/c1-2-17-3-5-18(6-4-17)16-21-10-8-20(9-11-21)15-19(7-13-24-20)23-14-12-22/h3-6,19,22H,2,7-16H2,1H3. The van der Waals surface area contributed by atoms with Crippen LogP contribution < -0.4 is 0 Å². The molecule has 24 heavy (non-hydrogen) atoms. The molecule has 1 atom stereocenters. The van der Waals surface area contributed by atoms with Crippen molar-refractivity contribution in [3.05, 3.63) is 35.4 Å². The zero-order valence-electron chi connectivity index (χ0n) is 14.9. The minimum Gasteiger partial charge on any atom is -0.394 e. The molecule has 4 heteroatoms. The largest absolute Gasteiger partial charge is 0.394 e. The summed E-state index contributed by atoms with van der Waals surface area (Å²) in [7, 11) is 0. The second-order valence-corrected chi connectivity index (χ2v) is 7.19. The van der Waals surface area contributed by atoms with Gasteiger partial charge in [0.2, 0.25) is 0 Å². The van der Waals surface area contributed by atoms with Gasteiger partial charge in [0.05, 0.1) is 24.9 Å². The molecule has 134 valence electrons. The number of nitrogens with zero attached hydrogens (tertiary/aromatic N) is 1. The lowest BCUT2D eigenvalue weighted by atomic mass is 9.83. The molecule has 0 saturated carbocycles. The SMILES string of the molecule is CCc1ccc(CN2CCC3(CC2)CC(OCCO)CCO3)cc1. The zero-order valence-corrected chi connectivity index (χ0v) is 14.9. The number of benzene rings is 1. The maximum atomic E-state index is 8.94. The van der Waals surface area contributed by atoms with Crippen molar-refractivity contribution in [2.75, 3.05) is 32.9 Å². The Morgan fingerprint density at radius 2 is 1.92 bits per heavy atom. The molecular formula is C20H31NO3. The highest BCUT2D eigenvalue weighted by atomic mass is 16.5. The minimum absolute atomic E-state index is 0.000933. The van der Waals surface area contributed by atoms with Crippen LogP contribution in [-0.2, 0) is 22.4 Å². The number of ether oxygens (including phenoxy) is 2. The molecule has 1 unspecified atom stereocenters. The van der Waals surface area contributed by atoms with Gasteiger partial charge in [0.25, 0.3) is 0 Å². The van der Waals surface area contributed by atoms with E-state index in [4.69, 9.17) is 14.6 Å². The van der Waals surface area contributed by atoms with Gasteiger partial charge in [-0.15, -0.1) is 0 Å². The van der Waals surface area contributed by atoms with Gasteiger partial charge in [0, 0.05) is 32.7 Å². The van der Waals surface area contributed by atoms with E-state index in [0.717, 1.165) is 58.3 Å². The molecule has 0 aliphatic carbocycles. The molecule has 2 aliphatic heterocycles. The van der Waals surface area contributed by atoms with Crippen molar-refractivity contribution in [3.8, 4) is 0 Å². The zero-order chi connectivity index (χ0) is 16.8. The van der Waals surface area contributed by atoms with E-state index in [2.05, 4.69) is 36.1 Å². The lowest BCUT2D eigenvalue weighted by Gasteiger charge is -2.46. The Morgan fingerprint density at radius 3 is 2.58 bits per heavy atom. The predicted octanol–water partition coefficient (Wildman–Crippen LogP) is 2.77. The molecule has 2 aliphatic rings. The second kappa shape index (κ2) is 8.43. The topological polar surface area (TPSA) is 41.9 Å². The number of likely N-dealkylation sites (tertiary alicyclic amines) is 1. The molecule has 3 rings (SSSR count). The van der Waals surface area contributed by atoms with Gasteiger partial charge in [-0.2, -0.15) is 0 Å². The highest BCUT2D eigenvalue weighted by Gasteiger charge is 2.40. The first-order valence-corrected chi connectivity index (χ1v) is 9.39. The number of aliphatic hydroxyl groups excluding tert-OH is 1. The normalized spacial score (nSPS) is 24.3. The summed E-state index contributed by atoms with van der Waals surface area (Å²) in [4.78, 5) is 2.54. The third-order valence-corrected chi connectivity index (χ3v) is 5.50. The van der Waals surface area contributed by atoms with Gasteiger partial charge >= 0.3 is 0 Å². The van der Waals surface area contributed by atoms with Crippen LogP contribution in [0.25, 0.3) is 0 Å². The van der Waals surface area contributed by atoms with Gasteiger partial charge in [0.15, 0.2) is 0 Å². The molecule has 1 spiro atoms. The first kappa shape index (κ1) is 17.9. The predicted molar refractivity (Wildman–Crippen MR) is 95.1 cm³/mol. The number of hydrogen-bond acceptors (Lipinski definition) is 4. The van der Waals surface area contributed by atoms with Gasteiger partial charge < -0.3 is 14.6 Å². The number of piperidine rings is 1. The van der Waals surface area contributed by atoms with Crippen LogP contribution in [-0.4, -0.2) is 54.6 Å². The lowest BCUT2D eigenvalue weighted by Crippen LogP contribution is -2.50. The van der Waals surface area contributed by atoms with Crippen molar-refractivity contribution in [2.24, 2.45) is 0 Å². The Bertz CT molecular complexity index is 494. The van der Waals surface area contributed by atoms with Crippen LogP contribution in [0.5, 0.6) is 0 Å². The molecule has 2 heterocycles. The summed E-state index contributed by atoms with van der Waals surface area (Å²) in [6, 6.07) is 9.01. The van der Waals surface area contributed by atoms with Crippen molar-refractivity contribution in [3.63, 3.8) is 0 Å². The van der Waals surface area contributed by atoms with E-state index in [9.17, 15) is 0 Å². The van der Waals surface area contributed by atoms with E-state index in [1.54, 1.807) is 0 Å². The first-order valence-electron chi connectivity index (χ1n) is 9.39. The van der Waals surface area contributed by atoms with Crippen molar-refractivity contribution in [2.45, 2.75) is 57.3 Å². The van der Waals surface area contributed by atoms with Crippen LogP contribution in [0.15, 0.2) is 24.3 Å². The molecule has 2 saturated heterocycles. The summed E-state index contributed by atoms with van der Waals surface area (Å²) in [5.74, 6) is 0. The summed E-state index contributed by atoms with van der Waals surface area (Å²) >= 11 is 0. The van der Waals surface area contributed by atoms with Crippen molar-refractivity contribution in [1.82, 2.24) is 4.90 Å². The summed E-state index contributed by atoms with van der Waals surface area (Å²) in [6.07, 6.45) is 5.45. The third kappa shape index (κ3) is 4.57. The molecule has 0 radical (unpaired) electrons. The van der Waals surface area contributed by atoms with Crippen molar-refractivity contribution in [1.29, 1.82) is 0 Å². The molecule has 0 amide bonds. The third-order valence-electron chi connectivity index (χ3n) is 5.50. The van der Waals surface area contributed by atoms with Gasteiger partial charge in [-0.3, -0.25) is 4.90 Å². The van der Waals surface area contributed by atoms with E-state index in [1.165, 1.54) is 11.1 Å². The Hall–Kier alpha value is -0.940. The molecule has 4 nitrogen and oxygen atoms in total. The maximum absolute atomic E-state index is 8.94. The van der Waals surface area contributed by atoms with Crippen LogP contribution in [0.1, 0.15) is 43.7 Å². The molecule has 1 aromatic rings. The monoisotopic (exact) mass is 333 g/mol. The van der Waals surface area contributed by atoms with Gasteiger partial charge in [-0.25, -0.2) is 0 Å². The van der Waals surface area contributed by atoms with Crippen molar-refractivity contribution < 1.29 is 14.6 Å². The lowest BCUT2D eigenvalue weighted by molar-refractivity contribution is -0.157. The number of rotatable bonds is 6. The van der Waals surface area contributed by atoms with Crippen LogP contribution in [0.3, 0.4) is 0 Å². The Morgan fingerprint density at radius 1 is 1.21 bits per heavy atom. The first-order chi connectivity index (χ1) is 11.7. The van der Waals surface area contributed by atoms with Crippen LogP contribution in [0.4, 0.5) is 0 Å². The van der Waals surface area contributed by atoms with Crippen molar-refractivity contribution >= 4 is 0 Å². The van der Waals surface area contributed by atoms with Gasteiger partial charge in [0.1, 0.15) is 0 Å². The molecule has 2 fully saturated rings. The minimum atomic E-state index is 0.000933. The Labute approximate surface area is 145 Å². The molecule has 1 aromatic carbocycles. The van der Waals surface area contributed by atoms with E-state index >= 15 is 0 Å². The second-order valence-electron chi connectivity index (χ2n) is 7.19. The summed E-state index contributed by atoms with van der Waals surface area (Å²) in [5, 5.41) is 8.94. The molecular weight excluding hydrogens is 302 g/mol. The molecule has 0 aromatic heterocycles. The average Bonchev–Trinajstić information content (AvgIpc) is 2.63. The van der Waals surface area contributed by atoms with Crippen LogP contribution >= 0.6 is 0 Å². The fourth-order valence-corrected chi connectivity index (χ4v) is 3.95. The van der Waals surface area contributed by atoms with Crippen LogP contribution in [0, 0.1) is 0 Å². The van der Waals surface area contributed by atoms with E-state index < -0.39 is 0 Å². The highest BCUT2D eigenvalue weighted by molar-refractivity contribution is 5.22. The van der Waals surface area contributed by atoms with Gasteiger partial charge in [-0.05, 0) is 36.8 Å². The fourth-order valence-electron chi connectivity index (χ4n) is 3.95. The van der Waals surface area contributed by atoms with E-state index in [1.807, 2.05) is 0 Å². The van der Waals surface area contributed by atoms with Gasteiger partial charge in [-0.1, -0.05) is 31.2 Å². The highest BCUT2D eigenvalue weighted by Crippen LogP contribution is 2.36. The van der Waals surface area contributed by atoms with E-state index in [0.29, 0.717) is 6.61 Å².